The Morgan fingerprint density at radius 2 is 1.72 bits per heavy atom. The molecule has 0 aliphatic heterocycles. The number of hydrogen-bond acceptors (Lipinski definition) is 2. The summed E-state index contributed by atoms with van der Waals surface area (Å²) < 4.78 is 0. The van der Waals surface area contributed by atoms with Crippen LogP contribution in [-0.2, 0) is 0 Å². The van der Waals surface area contributed by atoms with Gasteiger partial charge in [0.25, 0.3) is 0 Å². The first-order valence-electron chi connectivity index (χ1n) is 8.28. The van der Waals surface area contributed by atoms with E-state index in [1.54, 1.807) is 0 Å². The number of hydrogen-bond donors (Lipinski definition) is 2. The molecule has 2 aliphatic rings. The van der Waals surface area contributed by atoms with Crippen LogP contribution in [-0.4, -0.2) is 19.1 Å². The molecule has 2 nitrogen and oxygen atoms in total. The molecule has 0 heterocycles. The number of rotatable bonds is 11. The van der Waals surface area contributed by atoms with Gasteiger partial charge in [0.2, 0.25) is 0 Å². The third-order valence-electron chi connectivity index (χ3n) is 4.79. The van der Waals surface area contributed by atoms with E-state index in [0.29, 0.717) is 6.04 Å². The van der Waals surface area contributed by atoms with Crippen LogP contribution in [0.25, 0.3) is 0 Å². The van der Waals surface area contributed by atoms with Gasteiger partial charge in [-0.3, -0.25) is 0 Å². The molecule has 0 radical (unpaired) electrons. The van der Waals surface area contributed by atoms with Crippen molar-refractivity contribution in [3.63, 3.8) is 0 Å². The first-order valence-corrected chi connectivity index (χ1v) is 8.28. The minimum Gasteiger partial charge on any atom is -0.329 e. The molecule has 106 valence electrons. The fourth-order valence-electron chi connectivity index (χ4n) is 3.19. The Morgan fingerprint density at radius 1 is 1.06 bits per heavy atom. The van der Waals surface area contributed by atoms with Crippen molar-refractivity contribution >= 4 is 0 Å². The van der Waals surface area contributed by atoms with E-state index in [1.165, 1.54) is 64.3 Å². The summed E-state index contributed by atoms with van der Waals surface area (Å²) in [6.07, 6.45) is 12.7. The maximum atomic E-state index is 5.89. The highest BCUT2D eigenvalue weighted by Gasteiger charge is 2.41. The van der Waals surface area contributed by atoms with E-state index in [9.17, 15) is 0 Å². The third kappa shape index (κ3) is 4.89. The molecule has 2 aliphatic carbocycles. The Labute approximate surface area is 113 Å². The fraction of sp³-hybridized carbons (Fsp3) is 1.00. The van der Waals surface area contributed by atoms with Crippen molar-refractivity contribution in [1.82, 2.24) is 5.32 Å². The average Bonchev–Trinajstić information content (AvgIpc) is 3.25. The number of nitrogens with one attached hydrogen (secondary N) is 1. The van der Waals surface area contributed by atoms with Crippen molar-refractivity contribution in [1.29, 1.82) is 0 Å². The lowest BCUT2D eigenvalue weighted by molar-refractivity contribution is 0.345. The van der Waals surface area contributed by atoms with Crippen molar-refractivity contribution in [2.24, 2.45) is 23.5 Å². The van der Waals surface area contributed by atoms with E-state index < -0.39 is 0 Å². The highest BCUT2D eigenvalue weighted by atomic mass is 14.9. The summed E-state index contributed by atoms with van der Waals surface area (Å²) in [6.45, 7) is 4.33. The van der Waals surface area contributed by atoms with Gasteiger partial charge in [0.1, 0.15) is 0 Å². The van der Waals surface area contributed by atoms with Crippen molar-refractivity contribution in [2.75, 3.05) is 13.1 Å². The highest BCUT2D eigenvalue weighted by Crippen LogP contribution is 2.48. The largest absolute Gasteiger partial charge is 0.329 e. The topological polar surface area (TPSA) is 38.0 Å². The Morgan fingerprint density at radius 3 is 2.22 bits per heavy atom. The molecule has 0 aromatic heterocycles. The molecule has 3 N–H and O–H groups in total. The molecule has 2 saturated carbocycles. The fourth-order valence-corrected chi connectivity index (χ4v) is 3.19. The van der Waals surface area contributed by atoms with E-state index in [1.807, 2.05) is 0 Å². The first-order chi connectivity index (χ1) is 8.85. The van der Waals surface area contributed by atoms with Crippen molar-refractivity contribution in [3.05, 3.63) is 0 Å². The molecule has 2 rings (SSSR count). The Kier molecular flexibility index (Phi) is 5.97. The van der Waals surface area contributed by atoms with Gasteiger partial charge in [-0.15, -0.1) is 0 Å². The van der Waals surface area contributed by atoms with Crippen LogP contribution in [0.3, 0.4) is 0 Å². The van der Waals surface area contributed by atoms with Crippen molar-refractivity contribution < 1.29 is 0 Å². The molecule has 1 atom stereocenters. The van der Waals surface area contributed by atoms with E-state index >= 15 is 0 Å². The Hall–Kier alpha value is -0.0800. The second kappa shape index (κ2) is 7.49. The minimum atomic E-state index is 0.571. The molecule has 0 saturated heterocycles. The SMILES string of the molecule is CCCCCCC(CN)NCC(C1CC1)C1CC1. The quantitative estimate of drug-likeness (QED) is 0.554. The zero-order valence-electron chi connectivity index (χ0n) is 12.2. The number of nitrogens with two attached hydrogens (primary N) is 1. The van der Waals surface area contributed by atoms with Crippen molar-refractivity contribution in [2.45, 2.75) is 70.8 Å². The van der Waals surface area contributed by atoms with E-state index in [-0.39, 0.29) is 0 Å². The summed E-state index contributed by atoms with van der Waals surface area (Å²) in [5.41, 5.74) is 5.89. The van der Waals surface area contributed by atoms with Gasteiger partial charge >= 0.3 is 0 Å². The Bertz CT molecular complexity index is 209. The summed E-state index contributed by atoms with van der Waals surface area (Å²) in [4.78, 5) is 0. The van der Waals surface area contributed by atoms with Crippen LogP contribution in [0, 0.1) is 17.8 Å². The van der Waals surface area contributed by atoms with Crippen LogP contribution in [0.4, 0.5) is 0 Å². The van der Waals surface area contributed by atoms with Crippen molar-refractivity contribution in [3.8, 4) is 0 Å². The van der Waals surface area contributed by atoms with Crippen LogP contribution >= 0.6 is 0 Å². The number of unbranched alkanes of at least 4 members (excludes halogenated alkanes) is 3. The smallest absolute Gasteiger partial charge is 0.0190 e. The zero-order valence-corrected chi connectivity index (χ0v) is 12.2. The van der Waals surface area contributed by atoms with E-state index in [4.69, 9.17) is 5.73 Å². The molecule has 0 bridgehead atoms. The highest BCUT2D eigenvalue weighted by molar-refractivity contribution is 4.92. The van der Waals surface area contributed by atoms with Crippen LogP contribution in [0.15, 0.2) is 0 Å². The molecular formula is C16H32N2. The van der Waals surface area contributed by atoms with Crippen LogP contribution < -0.4 is 11.1 Å². The average molecular weight is 252 g/mol. The molecule has 2 heteroatoms. The van der Waals surface area contributed by atoms with Gasteiger partial charge in [0.15, 0.2) is 0 Å². The van der Waals surface area contributed by atoms with Gasteiger partial charge in [0.05, 0.1) is 0 Å². The predicted octanol–water partition coefficient (Wildman–Crippen LogP) is 3.31. The molecule has 18 heavy (non-hydrogen) atoms. The summed E-state index contributed by atoms with van der Waals surface area (Å²) in [5, 5.41) is 3.76. The Balaban J connectivity index is 1.59. The maximum absolute atomic E-state index is 5.89. The van der Waals surface area contributed by atoms with Crippen LogP contribution in [0.5, 0.6) is 0 Å². The van der Waals surface area contributed by atoms with Gasteiger partial charge in [0, 0.05) is 12.6 Å². The molecule has 2 fully saturated rings. The van der Waals surface area contributed by atoms with Gasteiger partial charge < -0.3 is 11.1 Å². The molecule has 0 aromatic carbocycles. The van der Waals surface area contributed by atoms with Gasteiger partial charge in [-0.05, 0) is 56.4 Å². The second-order valence-electron chi connectivity index (χ2n) is 6.53. The lowest BCUT2D eigenvalue weighted by atomic mass is 9.97. The summed E-state index contributed by atoms with van der Waals surface area (Å²) in [6, 6.07) is 0.571. The predicted molar refractivity (Wildman–Crippen MR) is 78.5 cm³/mol. The second-order valence-corrected chi connectivity index (χ2v) is 6.53. The van der Waals surface area contributed by atoms with Gasteiger partial charge in [-0.2, -0.15) is 0 Å². The summed E-state index contributed by atoms with van der Waals surface area (Å²) in [7, 11) is 0. The molecule has 0 aromatic rings. The summed E-state index contributed by atoms with van der Waals surface area (Å²) in [5.74, 6) is 3.10. The lowest BCUT2D eigenvalue weighted by Crippen LogP contribution is -2.39. The molecular weight excluding hydrogens is 220 g/mol. The maximum Gasteiger partial charge on any atom is 0.0190 e. The van der Waals surface area contributed by atoms with Gasteiger partial charge in [-0.1, -0.05) is 32.6 Å². The van der Waals surface area contributed by atoms with Gasteiger partial charge in [-0.25, -0.2) is 0 Å². The standard InChI is InChI=1S/C16H32N2/c1-2-3-4-5-6-15(11-17)18-12-16(13-7-8-13)14-9-10-14/h13-16,18H,2-12,17H2,1H3. The van der Waals surface area contributed by atoms with E-state index in [2.05, 4.69) is 12.2 Å². The molecule has 0 spiro atoms. The monoisotopic (exact) mass is 252 g/mol. The zero-order chi connectivity index (χ0) is 12.8. The molecule has 0 amide bonds. The minimum absolute atomic E-state index is 0.571. The van der Waals surface area contributed by atoms with Crippen LogP contribution in [0.2, 0.25) is 0 Å². The third-order valence-corrected chi connectivity index (χ3v) is 4.79. The lowest BCUT2D eigenvalue weighted by Gasteiger charge is -2.22. The first kappa shape index (κ1) is 14.3. The normalized spacial score (nSPS) is 21.5. The van der Waals surface area contributed by atoms with Crippen LogP contribution in [0.1, 0.15) is 64.7 Å². The van der Waals surface area contributed by atoms with E-state index in [0.717, 1.165) is 24.3 Å². The summed E-state index contributed by atoms with van der Waals surface area (Å²) >= 11 is 0. The molecule has 1 unspecified atom stereocenters.